The van der Waals surface area contributed by atoms with Gasteiger partial charge in [-0.15, -0.1) is 0 Å². The Balaban J connectivity index is 1.65. The van der Waals surface area contributed by atoms with Gasteiger partial charge in [-0.05, 0) is 26.8 Å². The third-order valence-electron chi connectivity index (χ3n) is 4.11. The predicted molar refractivity (Wildman–Crippen MR) is 96.3 cm³/mol. The Morgan fingerprint density at radius 2 is 2.04 bits per heavy atom. The standard InChI is InChI=1S/C16H25N5OS/c1-11-10-21(3)16(23-11)19-15-9-13(8-14(17)18-15)22-12-4-6-20(2)7-5-12/h8-10,12,16H,4-7H2,1-3H3,(H3,17,18,19). The zero-order valence-corrected chi connectivity index (χ0v) is 14.8. The number of hydrogen-bond acceptors (Lipinski definition) is 7. The van der Waals surface area contributed by atoms with E-state index in [-0.39, 0.29) is 11.6 Å². The van der Waals surface area contributed by atoms with Gasteiger partial charge in [0.15, 0.2) is 5.50 Å². The quantitative estimate of drug-likeness (QED) is 0.875. The molecule has 126 valence electrons. The highest BCUT2D eigenvalue weighted by Gasteiger charge is 2.22. The molecule has 1 atom stereocenters. The predicted octanol–water partition coefficient (Wildman–Crippen LogP) is 2.37. The fourth-order valence-corrected chi connectivity index (χ4v) is 3.85. The highest BCUT2D eigenvalue weighted by molar-refractivity contribution is 8.03. The van der Waals surface area contributed by atoms with Crippen molar-refractivity contribution in [3.05, 3.63) is 23.2 Å². The van der Waals surface area contributed by atoms with E-state index in [2.05, 4.69) is 40.3 Å². The van der Waals surface area contributed by atoms with Gasteiger partial charge in [-0.25, -0.2) is 4.98 Å². The van der Waals surface area contributed by atoms with Gasteiger partial charge in [0.2, 0.25) is 0 Å². The molecule has 0 saturated carbocycles. The van der Waals surface area contributed by atoms with Crippen molar-refractivity contribution in [1.82, 2.24) is 14.8 Å². The maximum absolute atomic E-state index is 6.12. The maximum atomic E-state index is 6.12. The summed E-state index contributed by atoms with van der Waals surface area (Å²) >= 11 is 1.76. The van der Waals surface area contributed by atoms with Crippen molar-refractivity contribution in [1.29, 1.82) is 0 Å². The molecule has 23 heavy (non-hydrogen) atoms. The number of hydrogen-bond donors (Lipinski definition) is 2. The number of likely N-dealkylation sites (tertiary alicyclic amines) is 1. The summed E-state index contributed by atoms with van der Waals surface area (Å²) in [5, 5.41) is 3.40. The molecule has 3 heterocycles. The molecule has 2 aliphatic heterocycles. The van der Waals surface area contributed by atoms with E-state index in [1.807, 2.05) is 13.1 Å². The Bertz CT molecular complexity index is 586. The highest BCUT2D eigenvalue weighted by Crippen LogP contribution is 2.32. The summed E-state index contributed by atoms with van der Waals surface area (Å²) < 4.78 is 6.12. The molecular weight excluding hydrogens is 310 g/mol. The van der Waals surface area contributed by atoms with Crippen LogP contribution in [0.2, 0.25) is 0 Å². The average molecular weight is 335 g/mol. The highest BCUT2D eigenvalue weighted by atomic mass is 32.2. The minimum Gasteiger partial charge on any atom is -0.490 e. The van der Waals surface area contributed by atoms with Crippen LogP contribution in [0.5, 0.6) is 5.75 Å². The molecule has 0 radical (unpaired) electrons. The number of nitrogens with one attached hydrogen (secondary N) is 1. The van der Waals surface area contributed by atoms with Gasteiger partial charge in [0.05, 0.1) is 0 Å². The van der Waals surface area contributed by atoms with Gasteiger partial charge in [0.25, 0.3) is 0 Å². The fraction of sp³-hybridized carbons (Fsp3) is 0.562. The maximum Gasteiger partial charge on any atom is 0.153 e. The molecular formula is C16H25N5OS. The van der Waals surface area contributed by atoms with E-state index in [1.54, 1.807) is 17.8 Å². The van der Waals surface area contributed by atoms with Crippen molar-refractivity contribution < 1.29 is 4.74 Å². The van der Waals surface area contributed by atoms with Crippen LogP contribution >= 0.6 is 11.8 Å². The second-order valence-corrected chi connectivity index (χ2v) is 7.58. The van der Waals surface area contributed by atoms with Crippen LogP contribution in [0.25, 0.3) is 0 Å². The normalized spacial score (nSPS) is 23.0. The summed E-state index contributed by atoms with van der Waals surface area (Å²) in [5.74, 6) is 2.03. The molecule has 0 amide bonds. The largest absolute Gasteiger partial charge is 0.490 e. The van der Waals surface area contributed by atoms with Crippen molar-refractivity contribution in [2.24, 2.45) is 0 Å². The monoisotopic (exact) mass is 335 g/mol. The lowest BCUT2D eigenvalue weighted by atomic mass is 10.1. The SMILES string of the molecule is CC1=CN(C)C(Nc2cc(OC3CCN(C)CC3)cc(N)n2)S1. The minimum atomic E-state index is 0.139. The van der Waals surface area contributed by atoms with Gasteiger partial charge in [-0.1, -0.05) is 11.8 Å². The first-order chi connectivity index (χ1) is 11.0. The Morgan fingerprint density at radius 1 is 1.30 bits per heavy atom. The summed E-state index contributed by atoms with van der Waals surface area (Å²) in [5.41, 5.74) is 6.09. The van der Waals surface area contributed by atoms with E-state index in [0.29, 0.717) is 5.82 Å². The van der Waals surface area contributed by atoms with E-state index in [9.17, 15) is 0 Å². The van der Waals surface area contributed by atoms with Gasteiger partial charge in [0, 0.05) is 43.4 Å². The first kappa shape index (κ1) is 16.3. The van der Waals surface area contributed by atoms with Crippen molar-refractivity contribution in [2.45, 2.75) is 31.4 Å². The third kappa shape index (κ3) is 4.23. The molecule has 7 heteroatoms. The molecule has 1 aromatic heterocycles. The van der Waals surface area contributed by atoms with Crippen LogP contribution in [0, 0.1) is 0 Å². The Hall–Kier alpha value is -1.60. The van der Waals surface area contributed by atoms with E-state index >= 15 is 0 Å². The summed E-state index contributed by atoms with van der Waals surface area (Å²) in [7, 11) is 4.19. The number of pyridine rings is 1. The first-order valence-corrected chi connectivity index (χ1v) is 8.84. The van der Waals surface area contributed by atoms with Crippen molar-refractivity contribution in [2.75, 3.05) is 38.2 Å². The molecule has 6 nitrogen and oxygen atoms in total. The number of nitrogens with two attached hydrogens (primary N) is 1. The number of thioether (sulfide) groups is 1. The average Bonchev–Trinajstić information content (AvgIpc) is 2.79. The van der Waals surface area contributed by atoms with Crippen molar-refractivity contribution >= 4 is 23.4 Å². The number of piperidine rings is 1. The van der Waals surface area contributed by atoms with Gasteiger partial charge >= 0.3 is 0 Å². The number of nitrogens with zero attached hydrogens (tertiary/aromatic N) is 3. The number of ether oxygens (including phenoxy) is 1. The summed E-state index contributed by atoms with van der Waals surface area (Å²) in [4.78, 5) is 10.1. The van der Waals surface area contributed by atoms with Crippen LogP contribution in [0.15, 0.2) is 23.2 Å². The topological polar surface area (TPSA) is 66.7 Å². The van der Waals surface area contributed by atoms with Gasteiger partial charge < -0.3 is 25.6 Å². The number of nitrogen functional groups attached to an aromatic ring is 1. The lowest BCUT2D eigenvalue weighted by Crippen LogP contribution is -2.35. The summed E-state index contributed by atoms with van der Waals surface area (Å²) in [6.45, 7) is 4.25. The fourth-order valence-electron chi connectivity index (χ4n) is 2.86. The number of rotatable bonds is 4. The molecule has 0 spiro atoms. The molecule has 0 bridgehead atoms. The van der Waals surface area contributed by atoms with Crippen LogP contribution in [0.4, 0.5) is 11.6 Å². The molecule has 3 rings (SSSR count). The van der Waals surface area contributed by atoms with Gasteiger partial charge in [-0.3, -0.25) is 0 Å². The number of aromatic nitrogens is 1. The van der Waals surface area contributed by atoms with Crippen LogP contribution in [0.1, 0.15) is 19.8 Å². The Labute approximate surface area is 142 Å². The van der Waals surface area contributed by atoms with Crippen LogP contribution in [-0.4, -0.2) is 53.6 Å². The molecule has 1 saturated heterocycles. The van der Waals surface area contributed by atoms with Crippen LogP contribution in [0.3, 0.4) is 0 Å². The molecule has 3 N–H and O–H groups in total. The van der Waals surface area contributed by atoms with E-state index in [0.717, 1.165) is 37.5 Å². The van der Waals surface area contributed by atoms with Gasteiger partial charge in [-0.2, -0.15) is 0 Å². The van der Waals surface area contributed by atoms with E-state index in [4.69, 9.17) is 10.5 Å². The lowest BCUT2D eigenvalue weighted by Gasteiger charge is -2.29. The second kappa shape index (κ2) is 6.88. The molecule has 1 fully saturated rings. The van der Waals surface area contributed by atoms with Crippen LogP contribution in [-0.2, 0) is 0 Å². The molecule has 0 aromatic carbocycles. The van der Waals surface area contributed by atoms with Crippen molar-refractivity contribution in [3.63, 3.8) is 0 Å². The summed E-state index contributed by atoms with van der Waals surface area (Å²) in [6.07, 6.45) is 4.47. The van der Waals surface area contributed by atoms with E-state index < -0.39 is 0 Å². The number of allylic oxidation sites excluding steroid dienone is 1. The smallest absolute Gasteiger partial charge is 0.153 e. The summed E-state index contributed by atoms with van der Waals surface area (Å²) in [6, 6.07) is 3.75. The zero-order valence-electron chi connectivity index (χ0n) is 14.0. The Kier molecular flexibility index (Phi) is 4.87. The molecule has 0 aliphatic carbocycles. The molecule has 2 aliphatic rings. The third-order valence-corrected chi connectivity index (χ3v) is 5.26. The van der Waals surface area contributed by atoms with Crippen molar-refractivity contribution in [3.8, 4) is 5.75 Å². The molecule has 1 aromatic rings. The Morgan fingerprint density at radius 3 is 2.70 bits per heavy atom. The second-order valence-electron chi connectivity index (χ2n) is 6.25. The van der Waals surface area contributed by atoms with Gasteiger partial charge in [0.1, 0.15) is 23.5 Å². The lowest BCUT2D eigenvalue weighted by molar-refractivity contribution is 0.114. The van der Waals surface area contributed by atoms with Crippen LogP contribution < -0.4 is 15.8 Å². The van der Waals surface area contributed by atoms with E-state index in [1.165, 1.54) is 4.91 Å². The minimum absolute atomic E-state index is 0.139. The molecule has 1 unspecified atom stereocenters. The zero-order chi connectivity index (χ0) is 16.4. The first-order valence-electron chi connectivity index (χ1n) is 7.96. The number of anilines is 2.